The number of benzene rings is 1. The minimum absolute atomic E-state index is 0.130. The number of anilines is 1. The van der Waals surface area contributed by atoms with Crippen molar-refractivity contribution < 1.29 is 4.39 Å². The lowest BCUT2D eigenvalue weighted by atomic mass is 9.98. The van der Waals surface area contributed by atoms with Crippen molar-refractivity contribution in [3.63, 3.8) is 0 Å². The molecular formula is C20H18FN5. The van der Waals surface area contributed by atoms with E-state index in [4.69, 9.17) is 5.26 Å². The number of aromatic nitrogens is 3. The van der Waals surface area contributed by atoms with Crippen LogP contribution >= 0.6 is 0 Å². The number of H-pyrrole nitrogens is 1. The number of halogens is 1. The second-order valence-electron chi connectivity index (χ2n) is 6.44. The molecule has 3 heterocycles. The number of piperidine rings is 1. The summed E-state index contributed by atoms with van der Waals surface area (Å²) < 4.78 is 13.5. The van der Waals surface area contributed by atoms with Crippen molar-refractivity contribution in [1.29, 1.82) is 5.26 Å². The Morgan fingerprint density at radius 2 is 2.00 bits per heavy atom. The van der Waals surface area contributed by atoms with E-state index in [2.05, 4.69) is 26.2 Å². The fourth-order valence-corrected chi connectivity index (χ4v) is 3.33. The van der Waals surface area contributed by atoms with Gasteiger partial charge in [-0.2, -0.15) is 10.4 Å². The Bertz CT molecular complexity index is 951. The summed E-state index contributed by atoms with van der Waals surface area (Å²) in [6.07, 6.45) is 3.48. The summed E-state index contributed by atoms with van der Waals surface area (Å²) in [4.78, 5) is 6.78. The molecule has 130 valence electrons. The van der Waals surface area contributed by atoms with Crippen LogP contribution in [0.4, 0.5) is 10.2 Å². The van der Waals surface area contributed by atoms with E-state index in [9.17, 15) is 4.39 Å². The van der Waals surface area contributed by atoms with E-state index in [-0.39, 0.29) is 11.7 Å². The van der Waals surface area contributed by atoms with Gasteiger partial charge in [0.1, 0.15) is 11.6 Å². The van der Waals surface area contributed by atoms with Gasteiger partial charge in [-0.3, -0.25) is 5.10 Å². The average Bonchev–Trinajstić information content (AvgIpc) is 3.18. The molecule has 2 aromatic heterocycles. The minimum atomic E-state index is -0.283. The highest BCUT2D eigenvalue weighted by atomic mass is 19.1. The van der Waals surface area contributed by atoms with E-state index in [0.717, 1.165) is 48.6 Å². The molecule has 1 aliphatic heterocycles. The summed E-state index contributed by atoms with van der Waals surface area (Å²) in [5.74, 6) is 0.734. The zero-order chi connectivity index (χ0) is 17.9. The molecule has 4 rings (SSSR count). The van der Waals surface area contributed by atoms with Crippen LogP contribution in [-0.2, 0) is 0 Å². The van der Waals surface area contributed by atoms with E-state index in [0.29, 0.717) is 5.69 Å². The fourth-order valence-electron chi connectivity index (χ4n) is 3.33. The molecule has 5 nitrogen and oxygen atoms in total. The molecule has 1 saturated heterocycles. The molecule has 1 fully saturated rings. The first-order chi connectivity index (χ1) is 12.7. The number of nitriles is 1. The van der Waals surface area contributed by atoms with Gasteiger partial charge in [0.15, 0.2) is 0 Å². The third kappa shape index (κ3) is 3.16. The number of aromatic amines is 1. The molecule has 0 radical (unpaired) electrons. The summed E-state index contributed by atoms with van der Waals surface area (Å²) in [5, 5.41) is 16.5. The molecule has 0 bridgehead atoms. The van der Waals surface area contributed by atoms with Crippen molar-refractivity contribution in [2.75, 3.05) is 18.0 Å². The van der Waals surface area contributed by atoms with Crippen LogP contribution in [0.25, 0.3) is 22.5 Å². The molecule has 3 aromatic rings. The van der Waals surface area contributed by atoms with Crippen LogP contribution in [0.1, 0.15) is 12.8 Å². The predicted molar refractivity (Wildman–Crippen MR) is 97.8 cm³/mol. The monoisotopic (exact) mass is 347 g/mol. The topological polar surface area (TPSA) is 68.6 Å². The fraction of sp³-hybridized carbons (Fsp3) is 0.250. The van der Waals surface area contributed by atoms with Crippen LogP contribution in [0.2, 0.25) is 0 Å². The molecule has 1 N–H and O–H groups in total. The third-order valence-electron chi connectivity index (χ3n) is 4.75. The van der Waals surface area contributed by atoms with Gasteiger partial charge in [0, 0.05) is 36.3 Å². The average molecular weight is 347 g/mol. The first-order valence-electron chi connectivity index (χ1n) is 8.66. The second kappa shape index (κ2) is 6.96. The molecular weight excluding hydrogens is 329 g/mol. The zero-order valence-electron chi connectivity index (χ0n) is 14.2. The van der Waals surface area contributed by atoms with Crippen molar-refractivity contribution >= 4 is 5.82 Å². The van der Waals surface area contributed by atoms with Crippen LogP contribution < -0.4 is 4.90 Å². The molecule has 6 heteroatoms. The summed E-state index contributed by atoms with van der Waals surface area (Å²) in [7, 11) is 0. The third-order valence-corrected chi connectivity index (χ3v) is 4.75. The number of hydrogen-bond acceptors (Lipinski definition) is 4. The van der Waals surface area contributed by atoms with Gasteiger partial charge in [-0.1, -0.05) is 12.1 Å². The Balaban J connectivity index is 1.64. The Morgan fingerprint density at radius 3 is 2.77 bits per heavy atom. The SMILES string of the molecule is N#CC1CCN(c2ncccc2-c2cc(-c3cccc(F)c3)n[nH]2)CC1. The van der Waals surface area contributed by atoms with Crippen LogP contribution in [0.5, 0.6) is 0 Å². The smallest absolute Gasteiger partial charge is 0.137 e. The van der Waals surface area contributed by atoms with Gasteiger partial charge in [0.2, 0.25) is 0 Å². The van der Waals surface area contributed by atoms with Crippen LogP contribution in [0.15, 0.2) is 48.7 Å². The van der Waals surface area contributed by atoms with Crippen LogP contribution in [-0.4, -0.2) is 28.3 Å². The molecule has 0 atom stereocenters. The number of hydrogen-bond donors (Lipinski definition) is 1. The molecule has 1 aromatic carbocycles. The lowest BCUT2D eigenvalue weighted by molar-refractivity contribution is 0.485. The summed E-state index contributed by atoms with van der Waals surface area (Å²) in [6, 6.07) is 14.6. The van der Waals surface area contributed by atoms with Crippen LogP contribution in [0.3, 0.4) is 0 Å². The summed E-state index contributed by atoms with van der Waals surface area (Å²) in [5.41, 5.74) is 3.22. The van der Waals surface area contributed by atoms with Crippen molar-refractivity contribution in [3.05, 3.63) is 54.5 Å². The molecule has 0 aliphatic carbocycles. The highest BCUT2D eigenvalue weighted by Crippen LogP contribution is 2.32. The van der Waals surface area contributed by atoms with E-state index in [1.165, 1.54) is 12.1 Å². The lowest BCUT2D eigenvalue weighted by Crippen LogP contribution is -2.34. The Labute approximate surface area is 151 Å². The van der Waals surface area contributed by atoms with Gasteiger partial charge in [-0.15, -0.1) is 0 Å². The molecule has 0 unspecified atom stereocenters. The standard InChI is InChI=1S/C20H18FN5/c21-16-4-1-3-15(11-16)18-12-19(25-24-18)17-5-2-8-23-20(17)26-9-6-14(13-22)7-10-26/h1-5,8,11-12,14H,6-7,9-10H2,(H,24,25). The van der Waals surface area contributed by atoms with Crippen molar-refractivity contribution in [2.24, 2.45) is 5.92 Å². The van der Waals surface area contributed by atoms with E-state index >= 15 is 0 Å². The highest BCUT2D eigenvalue weighted by molar-refractivity contribution is 5.76. The first kappa shape index (κ1) is 16.3. The lowest BCUT2D eigenvalue weighted by Gasteiger charge is -2.31. The van der Waals surface area contributed by atoms with Crippen LogP contribution in [0, 0.1) is 23.1 Å². The van der Waals surface area contributed by atoms with Gasteiger partial charge in [0.25, 0.3) is 0 Å². The first-order valence-corrected chi connectivity index (χ1v) is 8.66. The van der Waals surface area contributed by atoms with Gasteiger partial charge >= 0.3 is 0 Å². The molecule has 26 heavy (non-hydrogen) atoms. The zero-order valence-corrected chi connectivity index (χ0v) is 14.2. The van der Waals surface area contributed by atoms with E-state index in [1.54, 1.807) is 12.3 Å². The Hall–Kier alpha value is -3.20. The number of pyridine rings is 1. The molecule has 0 saturated carbocycles. The number of nitrogens with one attached hydrogen (secondary N) is 1. The molecule has 0 amide bonds. The Morgan fingerprint density at radius 1 is 1.15 bits per heavy atom. The van der Waals surface area contributed by atoms with E-state index in [1.807, 2.05) is 24.3 Å². The number of nitrogens with zero attached hydrogens (tertiary/aromatic N) is 4. The Kier molecular flexibility index (Phi) is 4.36. The minimum Gasteiger partial charge on any atom is -0.356 e. The molecule has 1 aliphatic rings. The maximum absolute atomic E-state index is 13.5. The number of rotatable bonds is 3. The van der Waals surface area contributed by atoms with Crippen molar-refractivity contribution in [1.82, 2.24) is 15.2 Å². The molecule has 0 spiro atoms. The maximum Gasteiger partial charge on any atom is 0.137 e. The normalized spacial score (nSPS) is 15.0. The van der Waals surface area contributed by atoms with Gasteiger partial charge in [0.05, 0.1) is 17.5 Å². The van der Waals surface area contributed by atoms with E-state index < -0.39 is 0 Å². The predicted octanol–water partition coefficient (Wildman–Crippen LogP) is 4.02. The maximum atomic E-state index is 13.5. The summed E-state index contributed by atoms with van der Waals surface area (Å²) >= 11 is 0. The van der Waals surface area contributed by atoms with Crippen molar-refractivity contribution in [2.45, 2.75) is 12.8 Å². The van der Waals surface area contributed by atoms with Crippen molar-refractivity contribution in [3.8, 4) is 28.6 Å². The van der Waals surface area contributed by atoms with Gasteiger partial charge < -0.3 is 4.90 Å². The second-order valence-corrected chi connectivity index (χ2v) is 6.44. The van der Waals surface area contributed by atoms with Gasteiger partial charge in [-0.25, -0.2) is 9.37 Å². The quantitative estimate of drug-likeness (QED) is 0.777. The largest absolute Gasteiger partial charge is 0.356 e. The van der Waals surface area contributed by atoms with Gasteiger partial charge in [-0.05, 0) is 43.2 Å². The summed E-state index contributed by atoms with van der Waals surface area (Å²) in [6.45, 7) is 1.63. The highest BCUT2D eigenvalue weighted by Gasteiger charge is 2.22.